The minimum Gasteiger partial charge on any atom is -0.756 e. The Bertz CT molecular complexity index is 1170. The van der Waals surface area contributed by atoms with Crippen LogP contribution < -0.4 is 10.2 Å². The molecular weight excluding hydrogens is 840 g/mol. The van der Waals surface area contributed by atoms with Crippen LogP contribution in [0.15, 0.2) is 36.5 Å². The number of carbonyl (C=O) groups excluding carboxylic acids is 1. The highest BCUT2D eigenvalue weighted by Gasteiger charge is 2.23. The number of aliphatic hydroxyl groups is 1. The number of rotatable bonds is 52. The van der Waals surface area contributed by atoms with Crippen LogP contribution in [0.3, 0.4) is 0 Å². The number of likely N-dealkylation sites (N-methyl/N-ethyl adjacent to an activating group) is 1. The second-order valence-corrected chi connectivity index (χ2v) is 22.0. The van der Waals surface area contributed by atoms with Crippen molar-refractivity contribution in [3.05, 3.63) is 36.5 Å². The summed E-state index contributed by atoms with van der Waals surface area (Å²) >= 11 is 0. The molecule has 0 saturated carbocycles. The Kier molecular flexibility index (Phi) is 47.8. The molecule has 0 aliphatic rings. The molecule has 0 rings (SSSR count). The van der Waals surface area contributed by atoms with Crippen molar-refractivity contribution in [2.24, 2.45) is 0 Å². The molecule has 0 heterocycles. The topological polar surface area (TPSA) is 108 Å². The van der Waals surface area contributed by atoms with Gasteiger partial charge in [0.15, 0.2) is 0 Å². The summed E-state index contributed by atoms with van der Waals surface area (Å²) in [5.41, 5.74) is 0. The van der Waals surface area contributed by atoms with E-state index in [0.29, 0.717) is 17.4 Å². The lowest BCUT2D eigenvalue weighted by atomic mass is 10.0. The normalized spacial score (nSPS) is 14.2. The van der Waals surface area contributed by atoms with Crippen LogP contribution in [0.1, 0.15) is 271 Å². The number of hydrogen-bond acceptors (Lipinski definition) is 6. The van der Waals surface area contributed by atoms with Crippen LogP contribution in [0.25, 0.3) is 0 Å². The van der Waals surface area contributed by atoms with Crippen LogP contribution in [0.2, 0.25) is 0 Å². The molecule has 0 radical (unpaired) electrons. The molecule has 0 saturated heterocycles. The van der Waals surface area contributed by atoms with E-state index < -0.39 is 26.6 Å². The van der Waals surface area contributed by atoms with Gasteiger partial charge in [0.2, 0.25) is 5.91 Å². The molecule has 0 aliphatic carbocycles. The third kappa shape index (κ3) is 50.6. The summed E-state index contributed by atoms with van der Waals surface area (Å²) in [6.45, 7) is 4.59. The summed E-state index contributed by atoms with van der Waals surface area (Å²) < 4.78 is 23.2. The first-order valence-corrected chi connectivity index (χ1v) is 29.8. The minimum atomic E-state index is -4.59. The van der Waals surface area contributed by atoms with E-state index >= 15 is 0 Å². The molecule has 3 unspecified atom stereocenters. The highest BCUT2D eigenvalue weighted by atomic mass is 31.2. The van der Waals surface area contributed by atoms with Gasteiger partial charge in [0, 0.05) is 6.42 Å². The summed E-state index contributed by atoms with van der Waals surface area (Å²) in [6, 6.07) is -0.899. The standard InChI is InChI=1S/C57H111N2O6P/c1-6-8-10-12-14-16-17-18-19-20-21-22-23-24-25-26-27-28-29-30-31-32-33-34-35-36-37-38-39-40-41-43-45-47-49-51-57(61)58-55(54-65-66(62,63)64-53-52-59(3,4)5)56(60)50-48-46-44-42-15-13-11-9-7-2/h15,26-27,42,48,50,55-56,60H,6-14,16-25,28-41,43-47,49,51-54H2,1-5H3,(H-,58,61,62,63)/b27-26-,42-15+,50-48+. The average molecular weight is 951 g/mol. The summed E-state index contributed by atoms with van der Waals surface area (Å²) in [7, 11) is 1.25. The van der Waals surface area contributed by atoms with Gasteiger partial charge in [-0.1, -0.05) is 243 Å². The summed E-state index contributed by atoms with van der Waals surface area (Å²) in [5.74, 6) is -0.207. The van der Waals surface area contributed by atoms with Gasteiger partial charge < -0.3 is 28.8 Å². The van der Waals surface area contributed by atoms with Gasteiger partial charge >= 0.3 is 0 Å². The second kappa shape index (κ2) is 48.7. The van der Waals surface area contributed by atoms with E-state index in [1.54, 1.807) is 6.08 Å². The van der Waals surface area contributed by atoms with Crippen molar-refractivity contribution in [3.63, 3.8) is 0 Å². The highest BCUT2D eigenvalue weighted by Crippen LogP contribution is 2.38. The molecule has 3 atom stereocenters. The van der Waals surface area contributed by atoms with Gasteiger partial charge in [0.1, 0.15) is 13.2 Å². The first kappa shape index (κ1) is 64.7. The maximum Gasteiger partial charge on any atom is 0.268 e. The van der Waals surface area contributed by atoms with Gasteiger partial charge in [0.25, 0.3) is 7.82 Å². The van der Waals surface area contributed by atoms with Crippen LogP contribution in [0, 0.1) is 0 Å². The molecule has 390 valence electrons. The molecule has 0 spiro atoms. The van der Waals surface area contributed by atoms with E-state index in [1.165, 1.54) is 212 Å². The van der Waals surface area contributed by atoms with E-state index in [0.717, 1.165) is 38.5 Å². The maximum absolute atomic E-state index is 12.9. The van der Waals surface area contributed by atoms with Gasteiger partial charge in [-0.25, -0.2) is 0 Å². The summed E-state index contributed by atoms with van der Waals surface area (Å²) in [5, 5.41) is 13.7. The number of hydrogen-bond donors (Lipinski definition) is 2. The van der Waals surface area contributed by atoms with Crippen LogP contribution >= 0.6 is 7.82 Å². The van der Waals surface area contributed by atoms with Gasteiger partial charge in [0.05, 0.1) is 39.9 Å². The predicted octanol–water partition coefficient (Wildman–Crippen LogP) is 16.4. The largest absolute Gasteiger partial charge is 0.756 e. The van der Waals surface area contributed by atoms with Gasteiger partial charge in [-0.05, 0) is 57.8 Å². The molecule has 66 heavy (non-hydrogen) atoms. The predicted molar refractivity (Wildman–Crippen MR) is 284 cm³/mol. The number of carbonyl (C=O) groups is 1. The monoisotopic (exact) mass is 951 g/mol. The van der Waals surface area contributed by atoms with Gasteiger partial charge in [-0.3, -0.25) is 9.36 Å². The average Bonchev–Trinajstić information content (AvgIpc) is 3.28. The minimum absolute atomic E-state index is 0.00572. The molecule has 1 amide bonds. The Morgan fingerprint density at radius 1 is 0.515 bits per heavy atom. The second-order valence-electron chi connectivity index (χ2n) is 20.6. The molecule has 0 aliphatic heterocycles. The lowest BCUT2D eigenvalue weighted by Gasteiger charge is -2.29. The smallest absolute Gasteiger partial charge is 0.268 e. The molecule has 0 fully saturated rings. The molecule has 9 heteroatoms. The molecule has 2 N–H and O–H groups in total. The number of quaternary nitrogens is 1. The van der Waals surface area contributed by atoms with E-state index in [-0.39, 0.29) is 12.5 Å². The Morgan fingerprint density at radius 3 is 1.26 bits per heavy atom. The Labute approximate surface area is 410 Å². The highest BCUT2D eigenvalue weighted by molar-refractivity contribution is 7.45. The SMILES string of the molecule is CCCCC/C=C/CC/C=C/C(O)C(COP(=O)([O-])OCC[N+](C)(C)C)NC(=O)CCCCCCCCCCCCCCCCCCC/C=C\CCCCCCCCCCCCCCCC. The van der Waals surface area contributed by atoms with Gasteiger partial charge in [-0.15, -0.1) is 0 Å². The Hall–Kier alpha value is -1.28. The molecule has 0 aromatic heterocycles. The van der Waals surface area contributed by atoms with Gasteiger partial charge in [-0.2, -0.15) is 0 Å². The number of allylic oxidation sites excluding steroid dienone is 5. The van der Waals surface area contributed by atoms with E-state index in [9.17, 15) is 19.4 Å². The quantitative estimate of drug-likeness (QED) is 0.0272. The van der Waals surface area contributed by atoms with Crippen molar-refractivity contribution in [2.75, 3.05) is 40.9 Å². The fourth-order valence-electron chi connectivity index (χ4n) is 8.34. The fourth-order valence-corrected chi connectivity index (χ4v) is 9.06. The van der Waals surface area contributed by atoms with Crippen molar-refractivity contribution >= 4 is 13.7 Å². The van der Waals surface area contributed by atoms with Crippen LogP contribution in [-0.4, -0.2) is 68.5 Å². The van der Waals surface area contributed by atoms with Crippen LogP contribution in [-0.2, 0) is 18.4 Å². The van der Waals surface area contributed by atoms with Crippen LogP contribution in [0.4, 0.5) is 0 Å². The van der Waals surface area contributed by atoms with Crippen molar-refractivity contribution in [3.8, 4) is 0 Å². The number of phosphoric acid groups is 1. The Morgan fingerprint density at radius 2 is 0.848 bits per heavy atom. The lowest BCUT2D eigenvalue weighted by Crippen LogP contribution is -2.45. The Balaban J connectivity index is 3.87. The summed E-state index contributed by atoms with van der Waals surface area (Å²) in [6.07, 6.45) is 62.7. The zero-order valence-electron chi connectivity index (χ0n) is 44.4. The first-order chi connectivity index (χ1) is 32.0. The summed E-state index contributed by atoms with van der Waals surface area (Å²) in [4.78, 5) is 25.3. The van der Waals surface area contributed by atoms with E-state index in [1.807, 2.05) is 27.2 Å². The molecule has 0 aromatic rings. The van der Waals surface area contributed by atoms with Crippen LogP contribution in [0.5, 0.6) is 0 Å². The first-order valence-electron chi connectivity index (χ1n) is 28.4. The van der Waals surface area contributed by atoms with Crippen molar-refractivity contribution in [1.29, 1.82) is 0 Å². The van der Waals surface area contributed by atoms with Crippen molar-refractivity contribution in [1.82, 2.24) is 5.32 Å². The zero-order valence-corrected chi connectivity index (χ0v) is 45.3. The number of phosphoric ester groups is 1. The number of amides is 1. The van der Waals surface area contributed by atoms with Crippen molar-refractivity contribution in [2.45, 2.75) is 283 Å². The molecule has 8 nitrogen and oxygen atoms in total. The lowest BCUT2D eigenvalue weighted by molar-refractivity contribution is -0.870. The fraction of sp³-hybridized carbons (Fsp3) is 0.877. The third-order valence-electron chi connectivity index (χ3n) is 12.8. The van der Waals surface area contributed by atoms with E-state index in [4.69, 9.17) is 9.05 Å². The molecular formula is C57H111N2O6P. The third-order valence-corrected chi connectivity index (χ3v) is 13.8. The maximum atomic E-state index is 12.9. The number of nitrogens with zero attached hydrogens (tertiary/aromatic N) is 1. The zero-order chi connectivity index (χ0) is 48.5. The number of aliphatic hydroxyl groups excluding tert-OH is 1. The number of nitrogens with one attached hydrogen (secondary N) is 1. The van der Waals surface area contributed by atoms with E-state index in [2.05, 4.69) is 43.5 Å². The molecule has 0 aromatic carbocycles. The molecule has 0 bridgehead atoms. The number of unbranched alkanes of at least 4 members (excludes halogenated alkanes) is 35. The van der Waals surface area contributed by atoms with Crippen molar-refractivity contribution < 1.29 is 32.9 Å².